The van der Waals surface area contributed by atoms with Gasteiger partial charge in [-0.25, -0.2) is 0 Å². The summed E-state index contributed by atoms with van der Waals surface area (Å²) in [5, 5.41) is 0. The van der Waals surface area contributed by atoms with Crippen LogP contribution in [0.15, 0.2) is 24.3 Å². The fourth-order valence-electron chi connectivity index (χ4n) is 2.61. The van der Waals surface area contributed by atoms with Crippen LogP contribution in [0.3, 0.4) is 0 Å². The fraction of sp³-hybridized carbons (Fsp3) is 0.500. The molecule has 1 aliphatic rings. The van der Waals surface area contributed by atoms with Crippen molar-refractivity contribution in [2.45, 2.75) is 45.6 Å². The Hall–Kier alpha value is -1.64. The lowest BCUT2D eigenvalue weighted by Crippen LogP contribution is -2.43. The Morgan fingerprint density at radius 3 is 2.26 bits per heavy atom. The van der Waals surface area contributed by atoms with E-state index in [1.54, 1.807) is 4.90 Å². The second-order valence-corrected chi connectivity index (χ2v) is 5.85. The lowest BCUT2D eigenvalue weighted by molar-refractivity contribution is -0.134. The molecular weight excluding hydrogens is 238 g/mol. The van der Waals surface area contributed by atoms with Gasteiger partial charge in [0, 0.05) is 12.0 Å². The van der Waals surface area contributed by atoms with Crippen LogP contribution in [0.25, 0.3) is 0 Å². The van der Waals surface area contributed by atoms with E-state index in [0.717, 1.165) is 12.0 Å². The minimum Gasteiger partial charge on any atom is -0.330 e. The molecule has 0 aliphatic carbocycles. The topological polar surface area (TPSA) is 37.4 Å². The Bertz CT molecular complexity index is 488. The number of hydrogen-bond donors (Lipinski definition) is 0. The first kappa shape index (κ1) is 13.8. The Balaban J connectivity index is 2.06. The van der Waals surface area contributed by atoms with Crippen molar-refractivity contribution in [2.75, 3.05) is 6.54 Å². The number of carbonyl (C=O) groups is 2. The maximum Gasteiger partial charge on any atom is 0.227 e. The third kappa shape index (κ3) is 3.03. The summed E-state index contributed by atoms with van der Waals surface area (Å²) in [4.78, 5) is 25.5. The van der Waals surface area contributed by atoms with Gasteiger partial charge in [0.1, 0.15) is 0 Å². The molecule has 0 atom stereocenters. The van der Waals surface area contributed by atoms with Crippen molar-refractivity contribution in [3.8, 4) is 0 Å². The largest absolute Gasteiger partial charge is 0.330 e. The van der Waals surface area contributed by atoms with Gasteiger partial charge in [-0.2, -0.15) is 0 Å². The Labute approximate surface area is 114 Å². The summed E-state index contributed by atoms with van der Waals surface area (Å²) >= 11 is 0. The standard InChI is InChI=1S/C16H21NO2/c1-4-12-5-7-13(8-6-12)9-15(19)17-11-14(18)10-16(17,2)3/h5-8H,4,9-11H2,1-3H3. The number of aryl methyl sites for hydroxylation is 1. The highest BCUT2D eigenvalue weighted by molar-refractivity contribution is 5.91. The predicted octanol–water partition coefficient (Wildman–Crippen LogP) is 2.37. The van der Waals surface area contributed by atoms with E-state index in [4.69, 9.17) is 0 Å². The second kappa shape index (κ2) is 5.16. The Morgan fingerprint density at radius 1 is 1.21 bits per heavy atom. The van der Waals surface area contributed by atoms with Crippen molar-refractivity contribution < 1.29 is 9.59 Å². The molecule has 1 heterocycles. The van der Waals surface area contributed by atoms with Gasteiger partial charge in [0.15, 0.2) is 5.78 Å². The van der Waals surface area contributed by atoms with Crippen LogP contribution in [0, 0.1) is 0 Å². The molecule has 0 unspecified atom stereocenters. The monoisotopic (exact) mass is 259 g/mol. The summed E-state index contributed by atoms with van der Waals surface area (Å²) in [6.07, 6.45) is 1.84. The van der Waals surface area contributed by atoms with Crippen molar-refractivity contribution in [3.05, 3.63) is 35.4 Å². The highest BCUT2D eigenvalue weighted by Crippen LogP contribution is 2.26. The molecule has 2 rings (SSSR count). The minimum atomic E-state index is -0.336. The molecule has 3 heteroatoms. The molecule has 19 heavy (non-hydrogen) atoms. The summed E-state index contributed by atoms with van der Waals surface area (Å²) < 4.78 is 0. The Kier molecular flexibility index (Phi) is 3.74. The molecule has 1 aromatic rings. The van der Waals surface area contributed by atoms with Gasteiger partial charge in [0.2, 0.25) is 5.91 Å². The third-order valence-electron chi connectivity index (χ3n) is 3.78. The number of benzene rings is 1. The quantitative estimate of drug-likeness (QED) is 0.835. The number of carbonyl (C=O) groups excluding carboxylic acids is 2. The molecule has 1 aromatic carbocycles. The van der Waals surface area contributed by atoms with Gasteiger partial charge >= 0.3 is 0 Å². The summed E-state index contributed by atoms with van der Waals surface area (Å²) in [6, 6.07) is 8.12. The number of rotatable bonds is 3. The van der Waals surface area contributed by atoms with E-state index in [1.165, 1.54) is 5.56 Å². The van der Waals surface area contributed by atoms with Gasteiger partial charge in [0.25, 0.3) is 0 Å². The average molecular weight is 259 g/mol. The summed E-state index contributed by atoms with van der Waals surface area (Å²) in [7, 11) is 0. The lowest BCUT2D eigenvalue weighted by Gasteiger charge is -2.30. The number of nitrogens with zero attached hydrogens (tertiary/aromatic N) is 1. The highest BCUT2D eigenvalue weighted by Gasteiger charge is 2.39. The molecule has 1 aliphatic heterocycles. The minimum absolute atomic E-state index is 0.0418. The van der Waals surface area contributed by atoms with Crippen LogP contribution in [-0.4, -0.2) is 28.7 Å². The van der Waals surface area contributed by atoms with Crippen LogP contribution in [0.1, 0.15) is 38.3 Å². The summed E-state index contributed by atoms with van der Waals surface area (Å²) in [5.41, 5.74) is 1.95. The van der Waals surface area contributed by atoms with Crippen LogP contribution in [0.5, 0.6) is 0 Å². The van der Waals surface area contributed by atoms with Crippen molar-refractivity contribution in [1.29, 1.82) is 0 Å². The molecule has 3 nitrogen and oxygen atoms in total. The van der Waals surface area contributed by atoms with Gasteiger partial charge in [-0.1, -0.05) is 31.2 Å². The number of likely N-dealkylation sites (tertiary alicyclic amines) is 1. The maximum absolute atomic E-state index is 12.3. The summed E-state index contributed by atoms with van der Waals surface area (Å²) in [6.45, 7) is 6.28. The summed E-state index contributed by atoms with van der Waals surface area (Å²) in [5.74, 6) is 0.194. The van der Waals surface area contributed by atoms with Crippen molar-refractivity contribution in [1.82, 2.24) is 4.90 Å². The Morgan fingerprint density at radius 2 is 1.79 bits per heavy atom. The number of hydrogen-bond acceptors (Lipinski definition) is 2. The van der Waals surface area contributed by atoms with Gasteiger partial charge in [-0.3, -0.25) is 9.59 Å². The molecule has 0 spiro atoms. The van der Waals surface area contributed by atoms with Crippen LogP contribution < -0.4 is 0 Å². The molecular formula is C16H21NO2. The van der Waals surface area contributed by atoms with E-state index in [-0.39, 0.29) is 23.8 Å². The number of amides is 1. The molecule has 0 N–H and O–H groups in total. The molecule has 0 radical (unpaired) electrons. The predicted molar refractivity (Wildman–Crippen MR) is 74.9 cm³/mol. The molecule has 102 valence electrons. The molecule has 1 fully saturated rings. The average Bonchev–Trinajstić information content (AvgIpc) is 2.63. The van der Waals surface area contributed by atoms with E-state index in [9.17, 15) is 9.59 Å². The molecule has 0 aromatic heterocycles. The number of Topliss-reactive ketones (excluding diaryl/α,β-unsaturated/α-hetero) is 1. The van der Waals surface area contributed by atoms with Crippen molar-refractivity contribution in [2.24, 2.45) is 0 Å². The molecule has 0 saturated carbocycles. The zero-order valence-electron chi connectivity index (χ0n) is 11.9. The second-order valence-electron chi connectivity index (χ2n) is 5.85. The van der Waals surface area contributed by atoms with Gasteiger partial charge in [0.05, 0.1) is 13.0 Å². The molecule has 1 saturated heterocycles. The van der Waals surface area contributed by atoms with Crippen LogP contribution in [0.4, 0.5) is 0 Å². The first-order valence-corrected chi connectivity index (χ1v) is 6.82. The zero-order valence-corrected chi connectivity index (χ0v) is 11.9. The maximum atomic E-state index is 12.3. The molecule has 1 amide bonds. The van der Waals surface area contributed by atoms with Crippen LogP contribution in [0.2, 0.25) is 0 Å². The van der Waals surface area contributed by atoms with Gasteiger partial charge in [-0.05, 0) is 31.4 Å². The van der Waals surface area contributed by atoms with Gasteiger partial charge < -0.3 is 4.90 Å². The lowest BCUT2D eigenvalue weighted by atomic mass is 10.0. The van der Waals surface area contributed by atoms with E-state index < -0.39 is 0 Å². The SMILES string of the molecule is CCc1ccc(CC(=O)N2CC(=O)CC2(C)C)cc1. The van der Waals surface area contributed by atoms with E-state index in [2.05, 4.69) is 19.1 Å². The van der Waals surface area contributed by atoms with Gasteiger partial charge in [-0.15, -0.1) is 0 Å². The smallest absolute Gasteiger partial charge is 0.227 e. The van der Waals surface area contributed by atoms with Crippen molar-refractivity contribution in [3.63, 3.8) is 0 Å². The fourth-order valence-corrected chi connectivity index (χ4v) is 2.61. The van der Waals surface area contributed by atoms with Crippen LogP contribution >= 0.6 is 0 Å². The number of ketones is 1. The van der Waals surface area contributed by atoms with E-state index in [1.807, 2.05) is 26.0 Å². The third-order valence-corrected chi connectivity index (χ3v) is 3.78. The first-order chi connectivity index (χ1) is 8.92. The normalized spacial score (nSPS) is 17.8. The molecule has 0 bridgehead atoms. The van der Waals surface area contributed by atoms with Crippen LogP contribution in [-0.2, 0) is 22.4 Å². The highest BCUT2D eigenvalue weighted by atomic mass is 16.2. The van der Waals surface area contributed by atoms with E-state index in [0.29, 0.717) is 12.8 Å². The van der Waals surface area contributed by atoms with E-state index >= 15 is 0 Å². The zero-order chi connectivity index (χ0) is 14.0. The van der Waals surface area contributed by atoms with Crippen molar-refractivity contribution >= 4 is 11.7 Å². The first-order valence-electron chi connectivity index (χ1n) is 6.82.